The Balaban J connectivity index is 1.61. The molecule has 152 valence electrons. The van der Waals surface area contributed by atoms with E-state index in [0.717, 1.165) is 0 Å². The molecule has 1 fully saturated rings. The summed E-state index contributed by atoms with van der Waals surface area (Å²) in [5.74, 6) is 0.0495. The number of nitrogens with zero attached hydrogens (tertiary/aromatic N) is 3. The monoisotopic (exact) mass is 469 g/mol. The van der Waals surface area contributed by atoms with Crippen LogP contribution in [0.1, 0.15) is 5.56 Å². The van der Waals surface area contributed by atoms with Crippen molar-refractivity contribution in [1.82, 2.24) is 9.21 Å². The van der Waals surface area contributed by atoms with Gasteiger partial charge in [0, 0.05) is 31.1 Å². The van der Waals surface area contributed by atoms with Crippen LogP contribution in [-0.2, 0) is 14.8 Å². The highest BCUT2D eigenvalue weighted by molar-refractivity contribution is 8.00. The molecule has 0 bridgehead atoms. The Kier molecular flexibility index (Phi) is 7.09. The highest BCUT2D eigenvalue weighted by Crippen LogP contribution is 2.34. The average Bonchev–Trinajstić information content (AvgIpc) is 2.73. The van der Waals surface area contributed by atoms with Crippen LogP contribution < -0.4 is 0 Å². The molecule has 0 saturated carbocycles. The van der Waals surface area contributed by atoms with Crippen molar-refractivity contribution in [2.24, 2.45) is 0 Å². The predicted octanol–water partition coefficient (Wildman–Crippen LogP) is 3.49. The van der Waals surface area contributed by atoms with Crippen molar-refractivity contribution in [3.63, 3.8) is 0 Å². The van der Waals surface area contributed by atoms with Gasteiger partial charge in [0.05, 0.1) is 26.3 Å². The molecule has 1 amide bonds. The van der Waals surface area contributed by atoms with Gasteiger partial charge in [-0.2, -0.15) is 9.57 Å². The van der Waals surface area contributed by atoms with Gasteiger partial charge >= 0.3 is 0 Å². The second-order valence-electron chi connectivity index (χ2n) is 6.23. The number of halogens is 2. The lowest BCUT2D eigenvalue weighted by Crippen LogP contribution is -2.51. The summed E-state index contributed by atoms with van der Waals surface area (Å²) < 4.78 is 27.0. The van der Waals surface area contributed by atoms with Gasteiger partial charge in [-0.15, -0.1) is 11.8 Å². The van der Waals surface area contributed by atoms with Gasteiger partial charge in [-0.1, -0.05) is 41.4 Å². The number of hydrogen-bond donors (Lipinski definition) is 0. The number of piperazine rings is 1. The number of sulfonamides is 1. The molecule has 1 aliphatic heterocycles. The van der Waals surface area contributed by atoms with Crippen LogP contribution in [0.25, 0.3) is 0 Å². The molecule has 0 radical (unpaired) electrons. The molecule has 1 aliphatic rings. The highest BCUT2D eigenvalue weighted by Gasteiger charge is 2.31. The predicted molar refractivity (Wildman–Crippen MR) is 114 cm³/mol. The first-order valence-electron chi connectivity index (χ1n) is 8.68. The van der Waals surface area contributed by atoms with E-state index in [2.05, 4.69) is 0 Å². The molecule has 0 N–H and O–H groups in total. The Morgan fingerprint density at radius 3 is 2.28 bits per heavy atom. The summed E-state index contributed by atoms with van der Waals surface area (Å²) in [6.07, 6.45) is 0. The van der Waals surface area contributed by atoms with E-state index in [0.29, 0.717) is 14.9 Å². The van der Waals surface area contributed by atoms with E-state index in [-0.39, 0.29) is 48.3 Å². The van der Waals surface area contributed by atoms with Crippen LogP contribution in [0.3, 0.4) is 0 Å². The van der Waals surface area contributed by atoms with Crippen LogP contribution in [0, 0.1) is 11.3 Å². The van der Waals surface area contributed by atoms with Crippen molar-refractivity contribution in [3.8, 4) is 6.07 Å². The number of amides is 1. The molecular formula is C19H17Cl2N3O3S2. The fourth-order valence-corrected chi connectivity index (χ4v) is 6.10. The van der Waals surface area contributed by atoms with Gasteiger partial charge in [0.15, 0.2) is 0 Å². The molecule has 0 spiro atoms. The quantitative estimate of drug-likeness (QED) is 0.625. The second kappa shape index (κ2) is 9.37. The minimum atomic E-state index is -3.79. The summed E-state index contributed by atoms with van der Waals surface area (Å²) in [6.45, 7) is 0.907. The third kappa shape index (κ3) is 4.87. The smallest absolute Gasteiger partial charge is 0.244 e. The van der Waals surface area contributed by atoms with E-state index in [1.807, 2.05) is 6.07 Å². The highest BCUT2D eigenvalue weighted by atomic mass is 35.5. The molecule has 1 saturated heterocycles. The van der Waals surface area contributed by atoms with Crippen LogP contribution in [-0.4, -0.2) is 55.5 Å². The van der Waals surface area contributed by atoms with E-state index in [4.69, 9.17) is 23.2 Å². The summed E-state index contributed by atoms with van der Waals surface area (Å²) in [6, 6.07) is 13.2. The van der Waals surface area contributed by atoms with Crippen molar-refractivity contribution < 1.29 is 13.2 Å². The van der Waals surface area contributed by atoms with Crippen LogP contribution in [0.5, 0.6) is 0 Å². The summed E-state index contributed by atoms with van der Waals surface area (Å²) in [5, 5.41) is 10.2. The average molecular weight is 470 g/mol. The Labute approximate surface area is 184 Å². The SMILES string of the molecule is N#Cc1ccccc1S(=O)(=O)N1CCN(C(=O)CSc2c(Cl)cccc2Cl)CC1. The summed E-state index contributed by atoms with van der Waals surface area (Å²) in [4.78, 5) is 14.8. The third-order valence-corrected chi connectivity index (χ3v) is 8.41. The van der Waals surface area contributed by atoms with Crippen molar-refractivity contribution in [3.05, 3.63) is 58.1 Å². The lowest BCUT2D eigenvalue weighted by atomic mass is 10.2. The lowest BCUT2D eigenvalue weighted by Gasteiger charge is -2.34. The molecule has 0 aliphatic carbocycles. The maximum absolute atomic E-state index is 12.9. The van der Waals surface area contributed by atoms with Gasteiger partial charge in [-0.25, -0.2) is 8.42 Å². The molecule has 2 aromatic rings. The van der Waals surface area contributed by atoms with Gasteiger partial charge in [0.25, 0.3) is 0 Å². The van der Waals surface area contributed by atoms with Gasteiger partial charge in [0.2, 0.25) is 15.9 Å². The van der Waals surface area contributed by atoms with Crippen LogP contribution in [0.4, 0.5) is 0 Å². The normalized spacial score (nSPS) is 15.1. The Bertz CT molecular complexity index is 1040. The van der Waals surface area contributed by atoms with E-state index >= 15 is 0 Å². The number of benzene rings is 2. The first-order chi connectivity index (χ1) is 13.8. The molecule has 0 atom stereocenters. The van der Waals surface area contributed by atoms with Crippen LogP contribution >= 0.6 is 35.0 Å². The zero-order valence-corrected chi connectivity index (χ0v) is 18.4. The maximum Gasteiger partial charge on any atom is 0.244 e. The van der Waals surface area contributed by atoms with E-state index in [1.54, 1.807) is 35.2 Å². The maximum atomic E-state index is 12.9. The van der Waals surface area contributed by atoms with Crippen molar-refractivity contribution in [2.45, 2.75) is 9.79 Å². The molecule has 3 rings (SSSR count). The fraction of sp³-hybridized carbons (Fsp3) is 0.263. The molecule has 2 aromatic carbocycles. The number of thioether (sulfide) groups is 1. The van der Waals surface area contributed by atoms with Gasteiger partial charge in [-0.3, -0.25) is 4.79 Å². The molecule has 10 heteroatoms. The summed E-state index contributed by atoms with van der Waals surface area (Å²) >= 11 is 13.5. The number of hydrogen-bond acceptors (Lipinski definition) is 5. The summed E-state index contributed by atoms with van der Waals surface area (Å²) in [5.41, 5.74) is 0.110. The first-order valence-corrected chi connectivity index (χ1v) is 11.9. The molecular weight excluding hydrogens is 453 g/mol. The zero-order chi connectivity index (χ0) is 21.0. The molecule has 0 aromatic heterocycles. The largest absolute Gasteiger partial charge is 0.339 e. The van der Waals surface area contributed by atoms with Crippen molar-refractivity contribution in [1.29, 1.82) is 5.26 Å². The van der Waals surface area contributed by atoms with E-state index in [9.17, 15) is 18.5 Å². The third-order valence-electron chi connectivity index (χ3n) is 4.48. The Morgan fingerprint density at radius 2 is 1.66 bits per heavy atom. The number of rotatable bonds is 5. The lowest BCUT2D eigenvalue weighted by molar-refractivity contribution is -0.129. The van der Waals surface area contributed by atoms with Crippen LogP contribution in [0.2, 0.25) is 10.0 Å². The molecule has 6 nitrogen and oxygen atoms in total. The standard InChI is InChI=1S/C19H17Cl2N3O3S2/c20-15-5-3-6-16(21)19(15)28-13-18(25)23-8-10-24(11-9-23)29(26,27)17-7-2-1-4-14(17)12-22/h1-7H,8-11,13H2. The topological polar surface area (TPSA) is 81.5 Å². The fourth-order valence-electron chi connectivity index (χ4n) is 2.95. The number of carbonyl (C=O) groups excluding carboxylic acids is 1. The van der Waals surface area contributed by atoms with Gasteiger partial charge < -0.3 is 4.90 Å². The minimum Gasteiger partial charge on any atom is -0.339 e. The van der Waals surface area contributed by atoms with Crippen molar-refractivity contribution in [2.75, 3.05) is 31.9 Å². The van der Waals surface area contributed by atoms with E-state index in [1.165, 1.54) is 28.2 Å². The zero-order valence-electron chi connectivity index (χ0n) is 15.2. The van der Waals surface area contributed by atoms with E-state index < -0.39 is 10.0 Å². The van der Waals surface area contributed by atoms with Gasteiger partial charge in [-0.05, 0) is 24.3 Å². The van der Waals surface area contributed by atoms with Crippen molar-refractivity contribution >= 4 is 50.9 Å². The molecule has 0 unspecified atom stereocenters. The Hall–Kier alpha value is -1.76. The molecule has 29 heavy (non-hydrogen) atoms. The number of carbonyl (C=O) groups is 1. The second-order valence-corrected chi connectivity index (χ2v) is 9.94. The number of nitriles is 1. The van der Waals surface area contributed by atoms with Crippen LogP contribution in [0.15, 0.2) is 52.3 Å². The molecule has 1 heterocycles. The van der Waals surface area contributed by atoms with Gasteiger partial charge in [0.1, 0.15) is 6.07 Å². The summed E-state index contributed by atoms with van der Waals surface area (Å²) in [7, 11) is -3.79. The Morgan fingerprint density at radius 1 is 1.03 bits per heavy atom. The first kappa shape index (κ1) is 21.9. The minimum absolute atomic E-state index is 0.00815.